The maximum atomic E-state index is 12.7. The quantitative estimate of drug-likeness (QED) is 0.0198. The maximum Gasteiger partial charge on any atom is 0.306 e. The van der Waals surface area contributed by atoms with Gasteiger partial charge in [-0.3, -0.25) is 9.36 Å². The summed E-state index contributed by atoms with van der Waals surface area (Å²) in [6.45, 7) is 5.20. The molecule has 0 aliphatic rings. The minimum atomic E-state index is -4.54. The number of esters is 1. The van der Waals surface area contributed by atoms with Gasteiger partial charge in [0.15, 0.2) is 0 Å². The van der Waals surface area contributed by atoms with Crippen LogP contribution in [0.3, 0.4) is 0 Å². The molecule has 0 rings (SSSR count). The van der Waals surface area contributed by atoms with E-state index in [-0.39, 0.29) is 25.8 Å². The number of phosphoric ester groups is 1. The molecular formula is C50H92NO7P. The molecule has 0 spiro atoms. The number of likely N-dealkylation sites (N-methyl/N-ethyl adjacent to an activating group) is 1. The molecule has 0 aromatic heterocycles. The molecule has 0 saturated carbocycles. The van der Waals surface area contributed by atoms with Crippen molar-refractivity contribution in [1.29, 1.82) is 0 Å². The second-order valence-corrected chi connectivity index (χ2v) is 18.5. The fraction of sp³-hybridized carbons (Fsp3) is 0.780. The van der Waals surface area contributed by atoms with Crippen molar-refractivity contribution in [1.82, 2.24) is 0 Å². The van der Waals surface area contributed by atoms with Gasteiger partial charge in [-0.05, 0) is 57.8 Å². The van der Waals surface area contributed by atoms with Gasteiger partial charge in [0.1, 0.15) is 19.3 Å². The van der Waals surface area contributed by atoms with Crippen LogP contribution in [0.1, 0.15) is 194 Å². The summed E-state index contributed by atoms with van der Waals surface area (Å²) >= 11 is 0. The first-order valence-electron chi connectivity index (χ1n) is 24.0. The summed E-state index contributed by atoms with van der Waals surface area (Å²) in [5.74, 6) is -0.348. The van der Waals surface area contributed by atoms with Crippen LogP contribution in [-0.4, -0.2) is 70.7 Å². The van der Waals surface area contributed by atoms with Crippen molar-refractivity contribution in [3.63, 3.8) is 0 Å². The van der Waals surface area contributed by atoms with E-state index < -0.39 is 13.9 Å². The number of unbranched alkanes of at least 4 members (excludes halogenated alkanes) is 20. The molecule has 0 aromatic carbocycles. The predicted octanol–water partition coefficient (Wildman–Crippen LogP) is 13.9. The predicted molar refractivity (Wildman–Crippen MR) is 249 cm³/mol. The fourth-order valence-corrected chi connectivity index (χ4v) is 7.13. The van der Waals surface area contributed by atoms with Crippen molar-refractivity contribution in [3.05, 3.63) is 60.8 Å². The summed E-state index contributed by atoms with van der Waals surface area (Å²) in [5.41, 5.74) is 0. The molecule has 59 heavy (non-hydrogen) atoms. The molecule has 0 N–H and O–H groups in total. The van der Waals surface area contributed by atoms with Gasteiger partial charge in [0.05, 0.1) is 34.4 Å². The van der Waals surface area contributed by atoms with Gasteiger partial charge >= 0.3 is 5.97 Å². The summed E-state index contributed by atoms with van der Waals surface area (Å²) in [4.78, 5) is 25.1. The molecule has 344 valence electrons. The second kappa shape index (κ2) is 42.9. The lowest BCUT2D eigenvalue weighted by molar-refractivity contribution is -0.870. The average molecular weight is 850 g/mol. The number of rotatable bonds is 44. The molecule has 0 radical (unpaired) electrons. The number of hydrogen-bond acceptors (Lipinski definition) is 7. The van der Waals surface area contributed by atoms with Crippen molar-refractivity contribution in [2.45, 2.75) is 200 Å². The Bertz CT molecular complexity index is 1130. The fourth-order valence-electron chi connectivity index (χ4n) is 6.40. The van der Waals surface area contributed by atoms with E-state index in [0.29, 0.717) is 24.1 Å². The number of ether oxygens (including phenoxy) is 2. The summed E-state index contributed by atoms with van der Waals surface area (Å²) in [6.07, 6.45) is 53.9. The van der Waals surface area contributed by atoms with Gasteiger partial charge in [-0.25, -0.2) is 0 Å². The van der Waals surface area contributed by atoms with Gasteiger partial charge in [0, 0.05) is 13.0 Å². The normalized spacial score (nSPS) is 14.2. The van der Waals surface area contributed by atoms with Gasteiger partial charge in [-0.15, -0.1) is 0 Å². The molecule has 0 aliphatic heterocycles. The zero-order valence-corrected chi connectivity index (χ0v) is 39.8. The Morgan fingerprint density at radius 3 is 1.44 bits per heavy atom. The highest BCUT2D eigenvalue weighted by Crippen LogP contribution is 2.38. The Hall–Kier alpha value is -1.80. The topological polar surface area (TPSA) is 94.1 Å². The summed E-state index contributed by atoms with van der Waals surface area (Å²) < 4.78 is 34.6. The molecule has 0 saturated heterocycles. The summed E-state index contributed by atoms with van der Waals surface area (Å²) in [7, 11) is 1.33. The Morgan fingerprint density at radius 1 is 0.542 bits per heavy atom. The Kier molecular flexibility index (Phi) is 41.6. The number of allylic oxidation sites excluding steroid dienone is 10. The van der Waals surface area contributed by atoms with E-state index in [1.165, 1.54) is 103 Å². The molecule has 0 fully saturated rings. The van der Waals surface area contributed by atoms with Crippen molar-refractivity contribution in [3.8, 4) is 0 Å². The van der Waals surface area contributed by atoms with Gasteiger partial charge < -0.3 is 27.9 Å². The van der Waals surface area contributed by atoms with Crippen molar-refractivity contribution < 1.29 is 37.3 Å². The SMILES string of the molecule is CC/C=C\C/C=C\C/C=C\C/C=C\C/C=C\CCCCOCC(COP(=O)([O-])OCC[N+](C)(C)C)OC(=O)CCCCCCCCCCCCCCCCCCCCC. The van der Waals surface area contributed by atoms with E-state index in [0.717, 1.165) is 70.6 Å². The van der Waals surface area contributed by atoms with E-state index in [1.54, 1.807) is 0 Å². The second-order valence-electron chi connectivity index (χ2n) is 17.1. The lowest BCUT2D eigenvalue weighted by Gasteiger charge is -2.28. The van der Waals surface area contributed by atoms with E-state index in [2.05, 4.69) is 74.6 Å². The van der Waals surface area contributed by atoms with Crippen molar-refractivity contribution >= 4 is 13.8 Å². The first-order valence-corrected chi connectivity index (χ1v) is 25.5. The Balaban J connectivity index is 4.25. The van der Waals surface area contributed by atoms with E-state index in [9.17, 15) is 14.3 Å². The van der Waals surface area contributed by atoms with Crippen LogP contribution in [0.5, 0.6) is 0 Å². The molecule has 9 heteroatoms. The number of nitrogens with zero attached hydrogens (tertiary/aromatic N) is 1. The van der Waals surface area contributed by atoms with Crippen LogP contribution in [0.4, 0.5) is 0 Å². The zero-order valence-electron chi connectivity index (χ0n) is 38.9. The molecular weight excluding hydrogens is 758 g/mol. The molecule has 0 aromatic rings. The third kappa shape index (κ3) is 47.1. The number of carbonyl (C=O) groups is 1. The van der Waals surface area contributed by atoms with Gasteiger partial charge in [0.2, 0.25) is 0 Å². The van der Waals surface area contributed by atoms with Crippen LogP contribution in [0.15, 0.2) is 60.8 Å². The number of quaternary nitrogens is 1. The van der Waals surface area contributed by atoms with E-state index in [4.69, 9.17) is 18.5 Å². The van der Waals surface area contributed by atoms with Gasteiger partial charge in [-0.2, -0.15) is 0 Å². The molecule has 0 heterocycles. The van der Waals surface area contributed by atoms with Crippen molar-refractivity contribution in [2.24, 2.45) is 0 Å². The van der Waals surface area contributed by atoms with Crippen LogP contribution in [0, 0.1) is 0 Å². The van der Waals surface area contributed by atoms with Crippen molar-refractivity contribution in [2.75, 3.05) is 54.1 Å². The van der Waals surface area contributed by atoms with Crippen LogP contribution in [0.25, 0.3) is 0 Å². The third-order valence-electron chi connectivity index (χ3n) is 10.1. The molecule has 0 bridgehead atoms. The highest BCUT2D eigenvalue weighted by molar-refractivity contribution is 7.45. The lowest BCUT2D eigenvalue weighted by Crippen LogP contribution is -2.37. The van der Waals surface area contributed by atoms with E-state index >= 15 is 0 Å². The summed E-state index contributed by atoms with van der Waals surface area (Å²) in [6, 6.07) is 0. The molecule has 8 nitrogen and oxygen atoms in total. The number of carbonyl (C=O) groups excluding carboxylic acids is 1. The van der Waals surface area contributed by atoms with E-state index in [1.807, 2.05) is 21.1 Å². The summed E-state index contributed by atoms with van der Waals surface area (Å²) in [5, 5.41) is 0. The maximum absolute atomic E-state index is 12.7. The lowest BCUT2D eigenvalue weighted by atomic mass is 10.0. The minimum absolute atomic E-state index is 0.0164. The van der Waals surface area contributed by atoms with Gasteiger partial charge in [-0.1, -0.05) is 190 Å². The molecule has 0 amide bonds. The van der Waals surface area contributed by atoms with Gasteiger partial charge in [0.25, 0.3) is 7.82 Å². The molecule has 2 unspecified atom stereocenters. The largest absolute Gasteiger partial charge is 0.756 e. The third-order valence-corrected chi connectivity index (χ3v) is 11.0. The highest BCUT2D eigenvalue weighted by atomic mass is 31.2. The van der Waals surface area contributed by atoms with Crippen LogP contribution in [0.2, 0.25) is 0 Å². The first-order chi connectivity index (χ1) is 28.6. The van der Waals surface area contributed by atoms with Crippen LogP contribution in [-0.2, 0) is 27.9 Å². The molecule has 0 aliphatic carbocycles. The number of phosphoric acid groups is 1. The highest BCUT2D eigenvalue weighted by Gasteiger charge is 2.20. The Morgan fingerprint density at radius 2 is 0.983 bits per heavy atom. The number of hydrogen-bond donors (Lipinski definition) is 0. The average Bonchev–Trinajstić information content (AvgIpc) is 3.19. The minimum Gasteiger partial charge on any atom is -0.756 e. The Labute approximate surface area is 364 Å². The first kappa shape index (κ1) is 57.2. The van der Waals surface area contributed by atoms with Crippen LogP contribution < -0.4 is 4.89 Å². The molecule has 2 atom stereocenters. The monoisotopic (exact) mass is 850 g/mol. The standard InChI is InChI=1S/C50H92NO7P/c1-6-8-10-12-14-16-18-20-22-24-26-27-29-31-33-35-37-39-41-43-50(52)58-49(48-57-59(53,54)56-46-44-51(3,4)5)47-55-45-42-40-38-36-34-32-30-28-25-23-21-19-17-15-13-11-9-7-2/h9,11,15,17,21,23,28,30,34,36,49H,6-8,10,12-14,16,18-20,22,24-27,29,31-33,35,37-48H2,1-5H3/b11-9-,17-15-,23-21-,30-28-,36-34-. The zero-order chi connectivity index (χ0) is 43.4. The smallest absolute Gasteiger partial charge is 0.306 e. The van der Waals surface area contributed by atoms with Crippen LogP contribution >= 0.6 is 7.82 Å².